The Morgan fingerprint density at radius 1 is 1.10 bits per heavy atom. The number of rotatable bonds is 8. The van der Waals surface area contributed by atoms with Crippen LogP contribution in [0.3, 0.4) is 0 Å². The molecule has 3 aromatic heterocycles. The summed E-state index contributed by atoms with van der Waals surface area (Å²) in [5, 5.41) is 0.823. The lowest BCUT2D eigenvalue weighted by molar-refractivity contribution is 0.0725. The maximum atomic E-state index is 13.7. The van der Waals surface area contributed by atoms with Crippen LogP contribution < -0.4 is 0 Å². The number of aromatic nitrogens is 2. The summed E-state index contributed by atoms with van der Waals surface area (Å²) in [6.45, 7) is 1.67. The van der Waals surface area contributed by atoms with Gasteiger partial charge in [-0.15, -0.1) is 0 Å². The van der Waals surface area contributed by atoms with E-state index in [1.165, 1.54) is 0 Å². The zero-order valence-corrected chi connectivity index (χ0v) is 16.8. The van der Waals surface area contributed by atoms with Crippen molar-refractivity contribution in [2.45, 2.75) is 13.0 Å². The van der Waals surface area contributed by atoms with Crippen LogP contribution in [-0.4, -0.2) is 41.0 Å². The minimum atomic E-state index is -0.0469. The number of ether oxygens (including phenoxy) is 1. The lowest BCUT2D eigenvalue weighted by Gasteiger charge is -2.24. The molecule has 0 saturated carbocycles. The van der Waals surface area contributed by atoms with Gasteiger partial charge in [0.05, 0.1) is 17.3 Å². The second-order valence-corrected chi connectivity index (χ2v) is 6.98. The van der Waals surface area contributed by atoms with Crippen molar-refractivity contribution in [1.29, 1.82) is 0 Å². The van der Waals surface area contributed by atoms with E-state index in [-0.39, 0.29) is 5.91 Å². The number of fused-ring (bicyclic) bond motifs is 1. The van der Waals surface area contributed by atoms with Gasteiger partial charge in [-0.3, -0.25) is 9.78 Å². The summed E-state index contributed by atoms with van der Waals surface area (Å²) in [6.07, 6.45) is 5.84. The first-order chi connectivity index (χ1) is 14.8. The minimum Gasteiger partial charge on any atom is -0.463 e. The van der Waals surface area contributed by atoms with E-state index in [9.17, 15) is 4.79 Å². The molecule has 6 heteroatoms. The molecule has 0 aliphatic carbocycles. The predicted octanol–water partition coefficient (Wildman–Crippen LogP) is 4.57. The van der Waals surface area contributed by atoms with Crippen molar-refractivity contribution in [3.8, 4) is 11.5 Å². The Labute approximate surface area is 175 Å². The highest BCUT2D eigenvalue weighted by Gasteiger charge is 2.21. The van der Waals surface area contributed by atoms with Crippen molar-refractivity contribution in [1.82, 2.24) is 14.9 Å². The number of para-hydroxylation sites is 1. The molecule has 30 heavy (non-hydrogen) atoms. The Hall–Kier alpha value is -3.51. The Kier molecular flexibility index (Phi) is 6.15. The van der Waals surface area contributed by atoms with Crippen LogP contribution in [-0.2, 0) is 11.3 Å². The van der Waals surface area contributed by atoms with E-state index in [4.69, 9.17) is 9.15 Å². The van der Waals surface area contributed by atoms with Gasteiger partial charge < -0.3 is 14.1 Å². The van der Waals surface area contributed by atoms with Gasteiger partial charge in [0.25, 0.3) is 5.91 Å². The van der Waals surface area contributed by atoms with Gasteiger partial charge in [0.2, 0.25) is 0 Å². The average Bonchev–Trinajstić information content (AvgIpc) is 3.33. The standard InChI is InChI=1S/C24H23N3O3/c1-29-14-5-13-27(17-18-9-11-25-12-10-18)24(28)20-16-22(23-8-4-15-30-23)26-21-7-3-2-6-19(20)21/h2-4,6-12,15-16H,5,13-14,17H2,1H3. The summed E-state index contributed by atoms with van der Waals surface area (Å²) in [5.74, 6) is 0.587. The summed E-state index contributed by atoms with van der Waals surface area (Å²) in [6, 6.07) is 17.0. The third kappa shape index (κ3) is 4.39. The largest absolute Gasteiger partial charge is 0.463 e. The maximum Gasteiger partial charge on any atom is 0.254 e. The van der Waals surface area contributed by atoms with Crippen LogP contribution in [0.4, 0.5) is 0 Å². The molecular weight excluding hydrogens is 378 g/mol. The lowest BCUT2D eigenvalue weighted by Crippen LogP contribution is -2.32. The molecule has 4 aromatic rings. The van der Waals surface area contributed by atoms with Crippen LogP contribution in [0.1, 0.15) is 22.3 Å². The van der Waals surface area contributed by atoms with Gasteiger partial charge in [-0.25, -0.2) is 4.98 Å². The van der Waals surface area contributed by atoms with Crippen molar-refractivity contribution < 1.29 is 13.9 Å². The third-order valence-corrected chi connectivity index (χ3v) is 4.91. The smallest absolute Gasteiger partial charge is 0.254 e. The topological polar surface area (TPSA) is 68.5 Å². The van der Waals surface area contributed by atoms with Crippen molar-refractivity contribution in [2.24, 2.45) is 0 Å². The molecule has 4 rings (SSSR count). The predicted molar refractivity (Wildman–Crippen MR) is 115 cm³/mol. The SMILES string of the molecule is COCCCN(Cc1ccncc1)C(=O)c1cc(-c2ccco2)nc2ccccc12. The number of nitrogens with zero attached hydrogens (tertiary/aromatic N) is 3. The number of furan rings is 1. The van der Waals surface area contributed by atoms with Crippen LogP contribution in [0.5, 0.6) is 0 Å². The minimum absolute atomic E-state index is 0.0469. The first-order valence-corrected chi connectivity index (χ1v) is 9.87. The molecular formula is C24H23N3O3. The van der Waals surface area contributed by atoms with Crippen molar-refractivity contribution >= 4 is 16.8 Å². The second kappa shape index (κ2) is 9.33. The third-order valence-electron chi connectivity index (χ3n) is 4.91. The van der Waals surface area contributed by atoms with E-state index in [0.717, 1.165) is 22.9 Å². The molecule has 0 atom stereocenters. The Bertz CT molecular complexity index is 1110. The molecule has 0 bridgehead atoms. The molecule has 1 aromatic carbocycles. The van der Waals surface area contributed by atoms with E-state index >= 15 is 0 Å². The zero-order chi connectivity index (χ0) is 20.8. The molecule has 0 unspecified atom stereocenters. The van der Waals surface area contributed by atoms with Crippen LogP contribution in [0, 0.1) is 0 Å². The molecule has 0 N–H and O–H groups in total. The summed E-state index contributed by atoms with van der Waals surface area (Å²) in [5.41, 5.74) is 3.04. The number of pyridine rings is 2. The van der Waals surface area contributed by atoms with E-state index in [0.29, 0.717) is 36.7 Å². The van der Waals surface area contributed by atoms with Gasteiger partial charge in [0.15, 0.2) is 5.76 Å². The van der Waals surface area contributed by atoms with E-state index < -0.39 is 0 Å². The average molecular weight is 401 g/mol. The van der Waals surface area contributed by atoms with E-state index in [1.807, 2.05) is 59.5 Å². The number of amides is 1. The molecule has 3 heterocycles. The van der Waals surface area contributed by atoms with Gasteiger partial charge in [-0.05, 0) is 48.4 Å². The molecule has 0 fully saturated rings. The number of carbonyl (C=O) groups is 1. The Morgan fingerprint density at radius 2 is 1.93 bits per heavy atom. The Balaban J connectivity index is 1.74. The summed E-state index contributed by atoms with van der Waals surface area (Å²) >= 11 is 0. The second-order valence-electron chi connectivity index (χ2n) is 6.98. The maximum absolute atomic E-state index is 13.7. The molecule has 152 valence electrons. The van der Waals surface area contributed by atoms with Crippen LogP contribution in [0.15, 0.2) is 77.7 Å². The number of carbonyl (C=O) groups excluding carboxylic acids is 1. The fraction of sp³-hybridized carbons (Fsp3) is 0.208. The van der Waals surface area contributed by atoms with Crippen LogP contribution in [0.2, 0.25) is 0 Å². The molecule has 0 spiro atoms. The Morgan fingerprint density at radius 3 is 2.70 bits per heavy atom. The van der Waals surface area contributed by atoms with Crippen molar-refractivity contribution in [2.75, 3.05) is 20.3 Å². The van der Waals surface area contributed by atoms with Gasteiger partial charge in [-0.1, -0.05) is 18.2 Å². The highest BCUT2D eigenvalue weighted by Crippen LogP contribution is 2.26. The summed E-state index contributed by atoms with van der Waals surface area (Å²) < 4.78 is 10.7. The quantitative estimate of drug-likeness (QED) is 0.405. The molecule has 0 aliphatic rings. The summed E-state index contributed by atoms with van der Waals surface area (Å²) in [7, 11) is 1.67. The normalized spacial score (nSPS) is 11.0. The van der Waals surface area contributed by atoms with E-state index in [1.54, 1.807) is 25.8 Å². The molecule has 0 radical (unpaired) electrons. The molecule has 0 aliphatic heterocycles. The number of methoxy groups -OCH3 is 1. The molecule has 1 amide bonds. The molecule has 0 saturated heterocycles. The van der Waals surface area contributed by atoms with Gasteiger partial charge in [0.1, 0.15) is 5.69 Å². The van der Waals surface area contributed by atoms with Gasteiger partial charge in [0, 0.05) is 44.6 Å². The summed E-state index contributed by atoms with van der Waals surface area (Å²) in [4.78, 5) is 24.3. The first kappa shape index (κ1) is 19.8. The monoisotopic (exact) mass is 401 g/mol. The highest BCUT2D eigenvalue weighted by atomic mass is 16.5. The van der Waals surface area contributed by atoms with E-state index in [2.05, 4.69) is 9.97 Å². The van der Waals surface area contributed by atoms with Crippen molar-refractivity contribution in [3.63, 3.8) is 0 Å². The lowest BCUT2D eigenvalue weighted by atomic mass is 10.0. The van der Waals surface area contributed by atoms with Crippen LogP contribution >= 0.6 is 0 Å². The van der Waals surface area contributed by atoms with Crippen molar-refractivity contribution in [3.05, 3.63) is 84.4 Å². The first-order valence-electron chi connectivity index (χ1n) is 9.87. The number of hydrogen-bond acceptors (Lipinski definition) is 5. The zero-order valence-electron chi connectivity index (χ0n) is 16.8. The highest BCUT2D eigenvalue weighted by molar-refractivity contribution is 6.07. The fourth-order valence-corrected chi connectivity index (χ4v) is 3.43. The number of hydrogen-bond donors (Lipinski definition) is 0. The molecule has 6 nitrogen and oxygen atoms in total. The number of benzene rings is 1. The van der Waals surface area contributed by atoms with Gasteiger partial charge in [-0.2, -0.15) is 0 Å². The van der Waals surface area contributed by atoms with Gasteiger partial charge >= 0.3 is 0 Å². The fourth-order valence-electron chi connectivity index (χ4n) is 3.43. The van der Waals surface area contributed by atoms with Crippen LogP contribution in [0.25, 0.3) is 22.4 Å².